The molecule has 1 amide bonds. The van der Waals surface area contributed by atoms with Crippen LogP contribution in [0.15, 0.2) is 29.8 Å². The number of thiophene rings is 1. The van der Waals surface area contributed by atoms with Crippen LogP contribution in [0.1, 0.15) is 26.5 Å². The highest BCUT2D eigenvalue weighted by molar-refractivity contribution is 7.10. The second-order valence-electron chi connectivity index (χ2n) is 3.90. The molecule has 0 spiro atoms. The normalized spacial score (nSPS) is 10.3. The molecule has 0 aromatic carbocycles. The molecule has 0 aliphatic heterocycles. The summed E-state index contributed by atoms with van der Waals surface area (Å²) in [5, 5.41) is 13.8. The van der Waals surface area contributed by atoms with Crippen molar-refractivity contribution >= 4 is 17.2 Å². The number of hydrogen-bond acceptors (Lipinski definition) is 4. The molecule has 2 heterocycles. The second kappa shape index (κ2) is 5.75. The van der Waals surface area contributed by atoms with Crippen LogP contribution in [0.25, 0.3) is 0 Å². The highest BCUT2D eigenvalue weighted by Crippen LogP contribution is 2.15. The van der Waals surface area contributed by atoms with E-state index < -0.39 is 0 Å². The van der Waals surface area contributed by atoms with E-state index in [4.69, 9.17) is 5.11 Å². The summed E-state index contributed by atoms with van der Waals surface area (Å²) in [5.41, 5.74) is 2.20. The molecule has 0 atom stereocenters. The van der Waals surface area contributed by atoms with Gasteiger partial charge >= 0.3 is 0 Å². The molecule has 0 aliphatic carbocycles. The largest absolute Gasteiger partial charge is 0.390 e. The summed E-state index contributed by atoms with van der Waals surface area (Å²) in [6.45, 7) is 2.39. The van der Waals surface area contributed by atoms with Gasteiger partial charge in [-0.05, 0) is 36.1 Å². The molecular weight excluding hydrogens is 248 g/mol. The number of carbonyl (C=O) groups excluding carboxylic acids is 1. The van der Waals surface area contributed by atoms with E-state index in [0.717, 1.165) is 4.88 Å². The second-order valence-corrected chi connectivity index (χ2v) is 4.90. The fraction of sp³-hybridized carbons (Fsp3) is 0.231. The van der Waals surface area contributed by atoms with Gasteiger partial charge in [0.25, 0.3) is 5.91 Å². The van der Waals surface area contributed by atoms with Crippen molar-refractivity contribution in [3.05, 3.63) is 51.5 Å². The molecule has 0 saturated heterocycles. The van der Waals surface area contributed by atoms with Crippen LogP contribution in [0.5, 0.6) is 0 Å². The number of rotatable bonds is 4. The SMILES string of the molecule is Cc1ccsc1CNC(=O)c1ccnc(CO)c1. The molecule has 2 aromatic rings. The van der Waals surface area contributed by atoms with Crippen molar-refractivity contribution in [3.63, 3.8) is 0 Å². The highest BCUT2D eigenvalue weighted by atomic mass is 32.1. The van der Waals surface area contributed by atoms with E-state index in [2.05, 4.69) is 10.3 Å². The maximum atomic E-state index is 11.9. The summed E-state index contributed by atoms with van der Waals surface area (Å²) in [4.78, 5) is 17.0. The molecule has 2 rings (SSSR count). The Morgan fingerprint density at radius 2 is 2.33 bits per heavy atom. The monoisotopic (exact) mass is 262 g/mol. The zero-order valence-corrected chi connectivity index (χ0v) is 10.8. The number of nitrogens with zero attached hydrogens (tertiary/aromatic N) is 1. The predicted molar refractivity (Wildman–Crippen MR) is 70.4 cm³/mol. The molecular formula is C13H14N2O2S. The van der Waals surface area contributed by atoms with Crippen molar-refractivity contribution in [1.29, 1.82) is 0 Å². The first-order valence-corrected chi connectivity index (χ1v) is 6.45. The quantitative estimate of drug-likeness (QED) is 0.884. The summed E-state index contributed by atoms with van der Waals surface area (Å²) in [5.74, 6) is -0.153. The zero-order valence-electron chi connectivity index (χ0n) is 10.0. The van der Waals surface area contributed by atoms with E-state index in [1.54, 1.807) is 23.5 Å². The smallest absolute Gasteiger partial charge is 0.251 e. The van der Waals surface area contributed by atoms with Crippen LogP contribution in [0.2, 0.25) is 0 Å². The lowest BCUT2D eigenvalue weighted by Crippen LogP contribution is -2.22. The van der Waals surface area contributed by atoms with Gasteiger partial charge < -0.3 is 10.4 Å². The van der Waals surface area contributed by atoms with E-state index in [9.17, 15) is 4.79 Å². The van der Waals surface area contributed by atoms with Crippen LogP contribution in [-0.2, 0) is 13.2 Å². The van der Waals surface area contributed by atoms with Crippen LogP contribution in [0, 0.1) is 6.92 Å². The summed E-state index contributed by atoms with van der Waals surface area (Å²) in [7, 11) is 0. The van der Waals surface area contributed by atoms with Gasteiger partial charge in [0.1, 0.15) is 0 Å². The van der Waals surface area contributed by atoms with Crippen molar-refractivity contribution in [3.8, 4) is 0 Å². The van der Waals surface area contributed by atoms with E-state index in [-0.39, 0.29) is 12.5 Å². The third-order valence-electron chi connectivity index (χ3n) is 2.62. The number of aliphatic hydroxyl groups is 1. The Hall–Kier alpha value is -1.72. The van der Waals surface area contributed by atoms with Crippen LogP contribution in [0.4, 0.5) is 0 Å². The Morgan fingerprint density at radius 1 is 1.50 bits per heavy atom. The van der Waals surface area contributed by atoms with Crippen molar-refractivity contribution in [2.45, 2.75) is 20.1 Å². The first-order chi connectivity index (χ1) is 8.70. The van der Waals surface area contributed by atoms with E-state index in [0.29, 0.717) is 17.8 Å². The number of hydrogen-bond donors (Lipinski definition) is 2. The minimum Gasteiger partial charge on any atom is -0.390 e. The van der Waals surface area contributed by atoms with Gasteiger partial charge in [0.2, 0.25) is 0 Å². The predicted octanol–water partition coefficient (Wildman–Crippen LogP) is 1.87. The lowest BCUT2D eigenvalue weighted by atomic mass is 10.2. The number of carbonyl (C=O) groups is 1. The van der Waals surface area contributed by atoms with E-state index >= 15 is 0 Å². The van der Waals surface area contributed by atoms with Gasteiger partial charge in [-0.1, -0.05) is 0 Å². The van der Waals surface area contributed by atoms with Gasteiger partial charge in [-0.3, -0.25) is 9.78 Å². The topological polar surface area (TPSA) is 62.2 Å². The summed E-state index contributed by atoms with van der Waals surface area (Å²) in [6, 6.07) is 5.26. The van der Waals surface area contributed by atoms with Gasteiger partial charge in [-0.25, -0.2) is 0 Å². The molecule has 0 unspecified atom stereocenters. The van der Waals surface area contributed by atoms with Gasteiger partial charge in [-0.15, -0.1) is 11.3 Å². The van der Waals surface area contributed by atoms with Gasteiger partial charge in [0.05, 0.1) is 18.8 Å². The first kappa shape index (κ1) is 12.7. The molecule has 5 heteroatoms. The van der Waals surface area contributed by atoms with Crippen LogP contribution < -0.4 is 5.32 Å². The molecule has 0 radical (unpaired) electrons. The first-order valence-electron chi connectivity index (χ1n) is 5.57. The van der Waals surface area contributed by atoms with Crippen molar-refractivity contribution in [2.75, 3.05) is 0 Å². The number of aromatic nitrogens is 1. The molecule has 2 N–H and O–H groups in total. The molecule has 0 fully saturated rings. The van der Waals surface area contributed by atoms with Crippen LogP contribution in [-0.4, -0.2) is 16.0 Å². The highest BCUT2D eigenvalue weighted by Gasteiger charge is 2.07. The lowest BCUT2D eigenvalue weighted by Gasteiger charge is -2.05. The fourth-order valence-corrected chi connectivity index (χ4v) is 2.40. The minimum atomic E-state index is -0.162. The maximum absolute atomic E-state index is 11.9. The molecule has 4 nitrogen and oxygen atoms in total. The molecule has 2 aromatic heterocycles. The molecule has 94 valence electrons. The van der Waals surface area contributed by atoms with E-state index in [1.807, 2.05) is 18.4 Å². The van der Waals surface area contributed by atoms with Crippen molar-refractivity contribution < 1.29 is 9.90 Å². The fourth-order valence-electron chi connectivity index (χ4n) is 1.55. The van der Waals surface area contributed by atoms with E-state index in [1.165, 1.54) is 11.8 Å². The third kappa shape index (κ3) is 2.94. The minimum absolute atomic E-state index is 0.153. The number of nitrogens with one attached hydrogen (secondary N) is 1. The molecule has 0 saturated carbocycles. The van der Waals surface area contributed by atoms with Crippen molar-refractivity contribution in [2.24, 2.45) is 0 Å². The average Bonchev–Trinajstić information content (AvgIpc) is 2.81. The molecule has 18 heavy (non-hydrogen) atoms. The maximum Gasteiger partial charge on any atom is 0.251 e. The Balaban J connectivity index is 2.01. The summed E-state index contributed by atoms with van der Waals surface area (Å²) in [6.07, 6.45) is 1.52. The molecule has 0 bridgehead atoms. The lowest BCUT2D eigenvalue weighted by molar-refractivity contribution is 0.0951. The van der Waals surface area contributed by atoms with Crippen LogP contribution in [0.3, 0.4) is 0 Å². The zero-order chi connectivity index (χ0) is 13.0. The average molecular weight is 262 g/mol. The van der Waals surface area contributed by atoms with Crippen LogP contribution >= 0.6 is 11.3 Å². The van der Waals surface area contributed by atoms with Crippen molar-refractivity contribution in [1.82, 2.24) is 10.3 Å². The Labute approximate surface area is 109 Å². The van der Waals surface area contributed by atoms with Gasteiger partial charge in [-0.2, -0.15) is 0 Å². The number of amides is 1. The van der Waals surface area contributed by atoms with Gasteiger partial charge in [0.15, 0.2) is 0 Å². The number of aryl methyl sites for hydroxylation is 1. The molecule has 0 aliphatic rings. The number of pyridine rings is 1. The summed E-state index contributed by atoms with van der Waals surface area (Å²) < 4.78 is 0. The van der Waals surface area contributed by atoms with Gasteiger partial charge in [0, 0.05) is 16.6 Å². The number of aliphatic hydroxyl groups excluding tert-OH is 1. The summed E-state index contributed by atoms with van der Waals surface area (Å²) >= 11 is 1.63. The Bertz CT molecular complexity index is 551. The Morgan fingerprint density at radius 3 is 3.00 bits per heavy atom. The standard InChI is InChI=1S/C13H14N2O2S/c1-9-3-5-18-12(9)7-15-13(17)10-2-4-14-11(6-10)8-16/h2-6,16H,7-8H2,1H3,(H,15,17). The third-order valence-corrected chi connectivity index (χ3v) is 3.64. The Kier molecular flexibility index (Phi) is 4.07.